The van der Waals surface area contributed by atoms with E-state index in [0.717, 1.165) is 21.9 Å². The van der Waals surface area contributed by atoms with E-state index < -0.39 is 94.2 Å². The summed E-state index contributed by atoms with van der Waals surface area (Å²) in [4.78, 5) is 48.1. The van der Waals surface area contributed by atoms with Gasteiger partial charge in [0.1, 0.15) is 23.6 Å². The molecule has 0 bridgehead atoms. The number of para-hydroxylation sites is 1. The number of aromatic hydroxyl groups is 2. The Bertz CT molecular complexity index is 1330. The molecule has 2 atom stereocenters. The molecule has 0 spiro atoms. The van der Waals surface area contributed by atoms with Crippen LogP contribution in [0.5, 0.6) is 11.5 Å². The van der Waals surface area contributed by atoms with Gasteiger partial charge in [0, 0.05) is 24.2 Å². The van der Waals surface area contributed by atoms with Crippen molar-refractivity contribution in [2.45, 2.75) is 17.0 Å². The van der Waals surface area contributed by atoms with Gasteiger partial charge in [0.2, 0.25) is 0 Å². The van der Waals surface area contributed by atoms with Gasteiger partial charge in [0.05, 0.1) is 18.0 Å². The standard InChI is InChI=1S/C22H24N2O13S.Mn/c25-15-4-2-1-3-13(15)19(21(31)32)23(10-17(27)28)7-8-24(11-18(29)30)20(22(33)34)14-9-12(38(35,36)37)5-6-16(14)26;/h1-6,9,19-20,25-26H,7-8,10-11H2,(H,27,28)(H,29,30)(H,31,32)(H,33,34)(H,35,36,37);/q;+2/t19?,20-;/m0./s1. The molecule has 0 saturated heterocycles. The van der Waals surface area contributed by atoms with Gasteiger partial charge in [0.15, 0.2) is 0 Å². The van der Waals surface area contributed by atoms with Crippen molar-refractivity contribution in [2.24, 2.45) is 0 Å². The molecular weight excluding hydrogens is 587 g/mol. The summed E-state index contributed by atoms with van der Waals surface area (Å²) >= 11 is 0. The molecule has 0 saturated carbocycles. The number of hydrogen-bond donors (Lipinski definition) is 7. The number of rotatable bonds is 14. The molecular formula is C22H24MnN2O13S+2. The number of phenols is 2. The van der Waals surface area contributed by atoms with Crippen LogP contribution in [0.25, 0.3) is 0 Å². The molecule has 0 aliphatic rings. The van der Waals surface area contributed by atoms with Gasteiger partial charge in [0.25, 0.3) is 10.1 Å². The van der Waals surface area contributed by atoms with Crippen LogP contribution in [-0.4, -0.2) is 103 Å². The summed E-state index contributed by atoms with van der Waals surface area (Å²) in [6.45, 7) is -3.09. The average Bonchev–Trinajstić information content (AvgIpc) is 2.78. The molecule has 0 aromatic heterocycles. The first-order valence-corrected chi connectivity index (χ1v) is 12.0. The van der Waals surface area contributed by atoms with Crippen LogP contribution >= 0.6 is 0 Å². The maximum atomic E-state index is 12.2. The smallest absolute Gasteiger partial charge is 0.508 e. The first-order chi connectivity index (χ1) is 17.6. The monoisotopic (exact) mass is 611 g/mol. The van der Waals surface area contributed by atoms with Crippen LogP contribution in [0.15, 0.2) is 47.4 Å². The van der Waals surface area contributed by atoms with Crippen molar-refractivity contribution in [3.63, 3.8) is 0 Å². The molecule has 0 aliphatic heterocycles. The van der Waals surface area contributed by atoms with Crippen molar-refractivity contribution in [1.29, 1.82) is 0 Å². The fourth-order valence-corrected chi connectivity index (χ4v) is 4.32. The van der Waals surface area contributed by atoms with Gasteiger partial charge in [-0.05, 0) is 24.3 Å². The molecule has 0 fully saturated rings. The van der Waals surface area contributed by atoms with E-state index in [-0.39, 0.29) is 22.6 Å². The Hall–Kier alpha value is -3.73. The van der Waals surface area contributed by atoms with Gasteiger partial charge in [-0.25, -0.2) is 0 Å². The SMILES string of the molecule is O=C(O)CN(CCN(CC(=O)O)[C@H](C(=O)O)c1cc(S(=O)(=O)O)ccc1O)C(C(=O)O)c1ccccc1O.[Mn+2]. The molecule has 2 aromatic rings. The Kier molecular flexibility index (Phi) is 11.9. The second kappa shape index (κ2) is 13.9. The number of benzene rings is 2. The summed E-state index contributed by atoms with van der Waals surface area (Å²) in [7, 11) is -4.85. The van der Waals surface area contributed by atoms with Crippen molar-refractivity contribution < 1.29 is 79.9 Å². The van der Waals surface area contributed by atoms with E-state index in [4.69, 9.17) is 0 Å². The second-order valence-electron chi connectivity index (χ2n) is 7.96. The van der Waals surface area contributed by atoms with Crippen LogP contribution in [0.3, 0.4) is 0 Å². The maximum absolute atomic E-state index is 12.2. The van der Waals surface area contributed by atoms with Crippen molar-refractivity contribution in [3.8, 4) is 11.5 Å². The van der Waals surface area contributed by atoms with E-state index in [2.05, 4.69) is 0 Å². The number of aliphatic carboxylic acids is 4. The minimum Gasteiger partial charge on any atom is -0.508 e. The fourth-order valence-electron chi connectivity index (χ4n) is 3.81. The van der Waals surface area contributed by atoms with Crippen LogP contribution in [0.1, 0.15) is 23.2 Å². The summed E-state index contributed by atoms with van der Waals surface area (Å²) in [5.74, 6) is -7.56. The summed E-state index contributed by atoms with van der Waals surface area (Å²) < 4.78 is 32.4. The first kappa shape index (κ1) is 33.3. The maximum Gasteiger partial charge on any atom is 2.00 e. The normalized spacial score (nSPS) is 12.9. The summed E-state index contributed by atoms with van der Waals surface area (Å²) in [5.41, 5.74) is -0.784. The quantitative estimate of drug-likeness (QED) is 0.110. The van der Waals surface area contributed by atoms with Crippen LogP contribution in [-0.2, 0) is 46.4 Å². The molecule has 1 unspecified atom stereocenters. The number of nitrogens with zero attached hydrogens (tertiary/aromatic N) is 2. The third-order valence-corrected chi connectivity index (χ3v) is 6.22. The van der Waals surface area contributed by atoms with Gasteiger partial charge < -0.3 is 30.6 Å². The van der Waals surface area contributed by atoms with E-state index in [0.29, 0.717) is 6.07 Å². The molecule has 211 valence electrons. The number of carbonyl (C=O) groups is 4. The molecule has 0 amide bonds. The van der Waals surface area contributed by atoms with Crippen molar-refractivity contribution in [3.05, 3.63) is 53.6 Å². The average molecular weight is 611 g/mol. The summed E-state index contributed by atoms with van der Waals surface area (Å²) in [5, 5.41) is 58.7. The van der Waals surface area contributed by atoms with Crippen molar-refractivity contribution in [2.75, 3.05) is 26.2 Å². The van der Waals surface area contributed by atoms with E-state index in [9.17, 15) is 62.8 Å². The topological polar surface area (TPSA) is 251 Å². The van der Waals surface area contributed by atoms with E-state index in [1.54, 1.807) is 0 Å². The Morgan fingerprint density at radius 3 is 1.56 bits per heavy atom. The van der Waals surface area contributed by atoms with Gasteiger partial charge in [-0.1, -0.05) is 18.2 Å². The van der Waals surface area contributed by atoms with Crippen molar-refractivity contribution in [1.82, 2.24) is 9.80 Å². The first-order valence-electron chi connectivity index (χ1n) is 10.6. The molecule has 0 heterocycles. The van der Waals surface area contributed by atoms with Crippen LogP contribution in [0.2, 0.25) is 0 Å². The van der Waals surface area contributed by atoms with E-state index in [1.165, 1.54) is 24.3 Å². The Morgan fingerprint density at radius 2 is 1.15 bits per heavy atom. The Morgan fingerprint density at radius 1 is 0.718 bits per heavy atom. The van der Waals surface area contributed by atoms with Crippen LogP contribution in [0, 0.1) is 0 Å². The van der Waals surface area contributed by atoms with Crippen molar-refractivity contribution >= 4 is 34.0 Å². The summed E-state index contributed by atoms with van der Waals surface area (Å²) in [6, 6.07) is 3.64. The molecule has 0 aliphatic carbocycles. The zero-order valence-electron chi connectivity index (χ0n) is 19.8. The van der Waals surface area contributed by atoms with Crippen LogP contribution < -0.4 is 0 Å². The largest absolute Gasteiger partial charge is 2.00 e. The minimum absolute atomic E-state index is 0. The number of hydrogen-bond acceptors (Lipinski definition) is 10. The number of phenolic OH excluding ortho intramolecular Hbond substituents is 2. The predicted molar refractivity (Wildman–Crippen MR) is 125 cm³/mol. The fraction of sp³-hybridized carbons (Fsp3) is 0.273. The predicted octanol–water partition coefficient (Wildman–Crippen LogP) is 0.0668. The molecule has 2 aromatic carbocycles. The van der Waals surface area contributed by atoms with Gasteiger partial charge in [-0.15, -0.1) is 0 Å². The molecule has 2 rings (SSSR count). The third-order valence-electron chi connectivity index (χ3n) is 5.37. The number of carboxylic acids is 4. The van der Waals surface area contributed by atoms with Gasteiger partial charge in [-0.3, -0.25) is 33.5 Å². The molecule has 1 radical (unpaired) electrons. The summed E-state index contributed by atoms with van der Waals surface area (Å²) in [6.07, 6.45) is 0. The molecule has 39 heavy (non-hydrogen) atoms. The minimum atomic E-state index is -4.85. The second-order valence-corrected chi connectivity index (χ2v) is 9.39. The van der Waals surface area contributed by atoms with E-state index >= 15 is 0 Å². The zero-order chi connectivity index (χ0) is 28.8. The Balaban J connectivity index is 0.00000760. The Labute approximate surface area is 231 Å². The zero-order valence-corrected chi connectivity index (χ0v) is 21.8. The molecule has 17 heteroatoms. The molecule has 15 nitrogen and oxygen atoms in total. The molecule has 7 N–H and O–H groups in total. The third kappa shape index (κ3) is 8.91. The van der Waals surface area contributed by atoms with Gasteiger partial charge in [-0.2, -0.15) is 8.42 Å². The van der Waals surface area contributed by atoms with Gasteiger partial charge >= 0.3 is 40.9 Å². The number of carboxylic acid groups (broad SMARTS) is 4. The van der Waals surface area contributed by atoms with Crippen LogP contribution in [0.4, 0.5) is 0 Å². The van der Waals surface area contributed by atoms with E-state index in [1.807, 2.05) is 0 Å².